The first kappa shape index (κ1) is 29.1. The molecule has 0 radical (unpaired) electrons. The quantitative estimate of drug-likeness (QED) is 0.177. The molecule has 2 aliphatic heterocycles. The van der Waals surface area contributed by atoms with Crippen LogP contribution >= 0.6 is 0 Å². The highest BCUT2D eigenvalue weighted by Gasteiger charge is 2.48. The van der Waals surface area contributed by atoms with Gasteiger partial charge >= 0.3 is 0 Å². The number of aliphatic hydroxyl groups is 2. The van der Waals surface area contributed by atoms with Crippen molar-refractivity contribution in [2.75, 3.05) is 22.9 Å². The highest BCUT2D eigenvalue weighted by Crippen LogP contribution is 2.49. The second-order valence-corrected chi connectivity index (χ2v) is 12.3. The summed E-state index contributed by atoms with van der Waals surface area (Å²) in [5.74, 6) is 0.184. The summed E-state index contributed by atoms with van der Waals surface area (Å²) in [6, 6.07) is 44.8. The lowest BCUT2D eigenvalue weighted by Crippen LogP contribution is -2.49. The number of hydrogen-bond donors (Lipinski definition) is 3. The summed E-state index contributed by atoms with van der Waals surface area (Å²) in [5, 5.41) is 37.5. The Morgan fingerprint density at radius 3 is 1.07 bits per heavy atom. The molecule has 0 amide bonds. The molecule has 5 heteroatoms. The molecule has 2 saturated heterocycles. The van der Waals surface area contributed by atoms with Gasteiger partial charge in [0.1, 0.15) is 11.2 Å². The van der Waals surface area contributed by atoms with Crippen LogP contribution in [0.5, 0.6) is 5.75 Å². The van der Waals surface area contributed by atoms with Gasteiger partial charge < -0.3 is 25.1 Å². The maximum Gasteiger partial charge on any atom is 0.162 e. The molecule has 0 aliphatic carbocycles. The van der Waals surface area contributed by atoms with E-state index in [1.807, 2.05) is 140 Å². The Bertz CT molecular complexity index is 1510. The van der Waals surface area contributed by atoms with Crippen molar-refractivity contribution in [1.29, 1.82) is 0 Å². The molecule has 5 aromatic carbocycles. The Labute approximate surface area is 265 Å². The first-order valence-electron chi connectivity index (χ1n) is 16.0. The van der Waals surface area contributed by atoms with Gasteiger partial charge in [0.2, 0.25) is 0 Å². The molecule has 0 bridgehead atoms. The molecule has 0 saturated carbocycles. The molecule has 2 aliphatic rings. The standard InChI is InChI=1S/C40H40N2O3/c43-38-34(41-28-14-26-36(41)39(44,30-16-5-1-6-17-30)31-18-7-2-8-19-31)24-13-25-35(38)42-29-15-27-37(42)40(45,32-20-9-3-10-21-32)33-22-11-4-12-23-33/h1-13,16-25,36-37,43-45H,14-15,26-29H2. The molecule has 2 heterocycles. The number of anilines is 2. The van der Waals surface area contributed by atoms with Gasteiger partial charge in [-0.25, -0.2) is 0 Å². The topological polar surface area (TPSA) is 67.2 Å². The molecule has 0 spiro atoms. The van der Waals surface area contributed by atoms with Crippen molar-refractivity contribution in [2.24, 2.45) is 0 Å². The predicted molar refractivity (Wildman–Crippen MR) is 181 cm³/mol. The van der Waals surface area contributed by atoms with Crippen LogP contribution in [-0.4, -0.2) is 40.5 Å². The zero-order chi connectivity index (χ0) is 30.9. The lowest BCUT2D eigenvalue weighted by atomic mass is 9.78. The Morgan fingerprint density at radius 1 is 0.444 bits per heavy atom. The zero-order valence-electron chi connectivity index (χ0n) is 25.4. The van der Waals surface area contributed by atoms with Gasteiger partial charge in [-0.1, -0.05) is 127 Å². The fourth-order valence-electron chi connectivity index (χ4n) is 7.83. The largest absolute Gasteiger partial charge is 0.504 e. The number of aromatic hydroxyl groups is 1. The van der Waals surface area contributed by atoms with Gasteiger partial charge in [0, 0.05) is 13.1 Å². The summed E-state index contributed by atoms with van der Waals surface area (Å²) >= 11 is 0. The van der Waals surface area contributed by atoms with Gasteiger partial charge in [-0.3, -0.25) is 0 Å². The van der Waals surface area contributed by atoms with E-state index in [2.05, 4.69) is 9.80 Å². The van der Waals surface area contributed by atoms with Crippen LogP contribution in [0.1, 0.15) is 47.9 Å². The number of para-hydroxylation sites is 1. The fraction of sp³-hybridized carbons (Fsp3) is 0.250. The van der Waals surface area contributed by atoms with Crippen LogP contribution in [-0.2, 0) is 11.2 Å². The van der Waals surface area contributed by atoms with Crippen LogP contribution in [0, 0.1) is 0 Å². The third-order valence-corrected chi connectivity index (χ3v) is 9.94. The minimum atomic E-state index is -1.28. The number of benzene rings is 5. The van der Waals surface area contributed by atoms with Crippen LogP contribution in [0.3, 0.4) is 0 Å². The zero-order valence-corrected chi connectivity index (χ0v) is 25.4. The molecule has 3 N–H and O–H groups in total. The van der Waals surface area contributed by atoms with Gasteiger partial charge in [-0.05, 0) is 60.1 Å². The molecular formula is C40H40N2O3. The molecule has 7 rings (SSSR count). The summed E-state index contributed by atoms with van der Waals surface area (Å²) in [4.78, 5) is 4.37. The van der Waals surface area contributed by atoms with E-state index in [4.69, 9.17) is 0 Å². The van der Waals surface area contributed by atoms with Gasteiger partial charge in [-0.2, -0.15) is 0 Å². The number of rotatable bonds is 8. The van der Waals surface area contributed by atoms with Gasteiger partial charge in [0.15, 0.2) is 5.75 Å². The van der Waals surface area contributed by atoms with Crippen LogP contribution in [0.25, 0.3) is 0 Å². The van der Waals surface area contributed by atoms with Crippen LogP contribution in [0.2, 0.25) is 0 Å². The lowest BCUT2D eigenvalue weighted by molar-refractivity contribution is 0.0527. The predicted octanol–water partition coefficient (Wildman–Crippen LogP) is 7.20. The SMILES string of the molecule is Oc1c(N2CCCC2C(O)(c2ccccc2)c2ccccc2)cccc1N1CCCC1C(O)(c1ccccc1)c1ccccc1. The van der Waals surface area contributed by atoms with Crippen molar-refractivity contribution in [3.05, 3.63) is 162 Å². The smallest absolute Gasteiger partial charge is 0.162 e. The molecule has 2 fully saturated rings. The number of nitrogens with zero attached hydrogens (tertiary/aromatic N) is 2. The first-order chi connectivity index (χ1) is 22.0. The highest BCUT2D eigenvalue weighted by atomic mass is 16.3. The molecular weight excluding hydrogens is 556 g/mol. The van der Waals surface area contributed by atoms with E-state index in [9.17, 15) is 15.3 Å². The van der Waals surface area contributed by atoms with Crippen LogP contribution in [0.4, 0.5) is 11.4 Å². The molecule has 0 aromatic heterocycles. The Balaban J connectivity index is 1.30. The Kier molecular flexibility index (Phi) is 7.82. The Morgan fingerprint density at radius 2 is 0.756 bits per heavy atom. The molecule has 5 aromatic rings. The monoisotopic (exact) mass is 596 g/mol. The lowest BCUT2D eigenvalue weighted by Gasteiger charge is -2.43. The molecule has 45 heavy (non-hydrogen) atoms. The van der Waals surface area contributed by atoms with E-state index in [1.165, 1.54) is 0 Å². The van der Waals surface area contributed by atoms with Crippen molar-refractivity contribution in [2.45, 2.75) is 49.0 Å². The third-order valence-electron chi connectivity index (χ3n) is 9.94. The maximum absolute atomic E-state index is 12.7. The summed E-state index contributed by atoms with van der Waals surface area (Å²) in [6.45, 7) is 1.43. The van der Waals surface area contributed by atoms with Crippen molar-refractivity contribution in [1.82, 2.24) is 0 Å². The second kappa shape index (κ2) is 12.1. The van der Waals surface area contributed by atoms with Crippen molar-refractivity contribution in [3.63, 3.8) is 0 Å². The normalized spacial score (nSPS) is 18.8. The minimum Gasteiger partial charge on any atom is -0.504 e. The summed E-state index contributed by atoms with van der Waals surface area (Å²) in [6.07, 6.45) is 3.34. The minimum absolute atomic E-state index is 0.184. The van der Waals surface area contributed by atoms with Crippen molar-refractivity contribution < 1.29 is 15.3 Å². The van der Waals surface area contributed by atoms with E-state index in [0.717, 1.165) is 47.9 Å². The van der Waals surface area contributed by atoms with Crippen LogP contribution in [0.15, 0.2) is 140 Å². The fourth-order valence-corrected chi connectivity index (χ4v) is 7.83. The molecule has 228 valence electrons. The second-order valence-electron chi connectivity index (χ2n) is 12.3. The molecule has 2 atom stereocenters. The van der Waals surface area contributed by atoms with E-state index >= 15 is 0 Å². The van der Waals surface area contributed by atoms with Crippen LogP contribution < -0.4 is 9.80 Å². The van der Waals surface area contributed by atoms with E-state index in [-0.39, 0.29) is 17.8 Å². The number of phenols is 1. The van der Waals surface area contributed by atoms with E-state index < -0.39 is 11.2 Å². The first-order valence-corrected chi connectivity index (χ1v) is 16.0. The Hall–Kier alpha value is -4.58. The highest BCUT2D eigenvalue weighted by molar-refractivity contribution is 5.74. The molecule has 2 unspecified atom stereocenters. The van der Waals surface area contributed by atoms with E-state index in [1.54, 1.807) is 0 Å². The maximum atomic E-state index is 12.7. The van der Waals surface area contributed by atoms with Crippen molar-refractivity contribution >= 4 is 11.4 Å². The summed E-state index contributed by atoms with van der Waals surface area (Å²) < 4.78 is 0. The van der Waals surface area contributed by atoms with Gasteiger partial charge in [-0.15, -0.1) is 0 Å². The number of phenolic OH excluding ortho intramolecular Hbond substituents is 1. The average Bonchev–Trinajstić information content (AvgIpc) is 3.81. The molecule has 5 nitrogen and oxygen atoms in total. The van der Waals surface area contributed by atoms with Gasteiger partial charge in [0.25, 0.3) is 0 Å². The third kappa shape index (κ3) is 4.97. The summed E-state index contributed by atoms with van der Waals surface area (Å²) in [7, 11) is 0. The number of hydrogen-bond acceptors (Lipinski definition) is 5. The summed E-state index contributed by atoms with van der Waals surface area (Å²) in [5.41, 5.74) is 2.18. The van der Waals surface area contributed by atoms with E-state index in [0.29, 0.717) is 24.5 Å². The van der Waals surface area contributed by atoms with Crippen molar-refractivity contribution in [3.8, 4) is 5.75 Å². The average molecular weight is 597 g/mol. The van der Waals surface area contributed by atoms with Gasteiger partial charge in [0.05, 0.1) is 23.5 Å².